The van der Waals surface area contributed by atoms with Gasteiger partial charge < -0.3 is 14.9 Å². The Balaban J connectivity index is 1.77. The number of hydrogen-bond acceptors (Lipinski definition) is 5. The number of para-hydroxylation sites is 1. The summed E-state index contributed by atoms with van der Waals surface area (Å²) in [6.07, 6.45) is 0.357. The van der Waals surface area contributed by atoms with E-state index in [0.29, 0.717) is 23.7 Å². The van der Waals surface area contributed by atoms with Crippen molar-refractivity contribution >= 4 is 17.4 Å². The molecule has 0 spiro atoms. The number of methoxy groups -OCH3 is 1. The van der Waals surface area contributed by atoms with E-state index < -0.39 is 5.60 Å². The number of nitrogens with zero attached hydrogens (tertiary/aromatic N) is 3. The average molecular weight is 328 g/mol. The first-order chi connectivity index (χ1) is 11.4. The third-order valence-corrected chi connectivity index (χ3v) is 4.00. The van der Waals surface area contributed by atoms with Gasteiger partial charge in [0.2, 0.25) is 5.60 Å². The number of carbonyl (C=O) groups is 1. The topological polar surface area (TPSA) is 77.7 Å². The van der Waals surface area contributed by atoms with Crippen molar-refractivity contribution in [3.63, 3.8) is 0 Å². The van der Waals surface area contributed by atoms with Crippen LogP contribution in [0.1, 0.15) is 24.6 Å². The molecule has 0 aliphatic carbocycles. The molecule has 0 radical (unpaired) electrons. The van der Waals surface area contributed by atoms with E-state index in [9.17, 15) is 4.79 Å². The van der Waals surface area contributed by atoms with Gasteiger partial charge in [-0.05, 0) is 26.0 Å². The number of nitrogens with one attached hydrogen (secondary N) is 1. The number of amides is 1. The molecule has 1 aliphatic heterocycles. The van der Waals surface area contributed by atoms with Crippen LogP contribution in [0.25, 0.3) is 0 Å². The van der Waals surface area contributed by atoms with Gasteiger partial charge in [-0.15, -0.1) is 0 Å². The zero-order chi connectivity index (χ0) is 17.3. The first-order valence-corrected chi connectivity index (χ1v) is 7.63. The number of hydrogen-bond donors (Lipinski definition) is 1. The zero-order valence-electron chi connectivity index (χ0n) is 14.2. The van der Waals surface area contributed by atoms with Crippen LogP contribution in [0.5, 0.6) is 5.75 Å². The maximum Gasteiger partial charge on any atom is 0.272 e. The molecule has 1 aliphatic rings. The van der Waals surface area contributed by atoms with Gasteiger partial charge in [-0.25, -0.2) is 0 Å². The van der Waals surface area contributed by atoms with E-state index in [4.69, 9.17) is 9.57 Å². The standard InChI is InChI=1S/C17H20N4O3/c1-11-9-15(21(3)19-11)18-16(22)17(2)10-13(20-24-17)12-7-5-6-8-14(12)23-4/h5-9H,10H2,1-4H3,(H,18,22)/t17-/m0/s1. The van der Waals surface area contributed by atoms with Crippen molar-refractivity contribution in [1.82, 2.24) is 9.78 Å². The first-order valence-electron chi connectivity index (χ1n) is 7.63. The molecule has 0 saturated heterocycles. The number of ether oxygens (including phenoxy) is 1. The molecule has 1 amide bonds. The van der Waals surface area contributed by atoms with Crippen molar-refractivity contribution in [2.45, 2.75) is 25.9 Å². The molecule has 1 atom stereocenters. The Hall–Kier alpha value is -2.83. The minimum Gasteiger partial charge on any atom is -0.496 e. The van der Waals surface area contributed by atoms with E-state index >= 15 is 0 Å². The minimum atomic E-state index is -1.08. The number of carbonyl (C=O) groups excluding carboxylic acids is 1. The van der Waals surface area contributed by atoms with Crippen LogP contribution in [-0.4, -0.2) is 34.1 Å². The van der Waals surface area contributed by atoms with Crippen LogP contribution in [-0.2, 0) is 16.7 Å². The summed E-state index contributed by atoms with van der Waals surface area (Å²) < 4.78 is 6.97. The van der Waals surface area contributed by atoms with Crippen LogP contribution in [0.15, 0.2) is 35.5 Å². The fourth-order valence-corrected chi connectivity index (χ4v) is 2.67. The monoisotopic (exact) mass is 328 g/mol. The maximum absolute atomic E-state index is 12.6. The van der Waals surface area contributed by atoms with E-state index in [2.05, 4.69) is 15.6 Å². The Morgan fingerprint density at radius 2 is 2.17 bits per heavy atom. The second-order valence-corrected chi connectivity index (χ2v) is 5.99. The lowest BCUT2D eigenvalue weighted by Gasteiger charge is -2.20. The molecule has 126 valence electrons. The highest BCUT2D eigenvalue weighted by Crippen LogP contribution is 2.31. The largest absolute Gasteiger partial charge is 0.496 e. The molecular formula is C17H20N4O3. The summed E-state index contributed by atoms with van der Waals surface area (Å²) in [5, 5.41) is 11.2. The number of aryl methyl sites for hydroxylation is 2. The Morgan fingerprint density at radius 1 is 1.42 bits per heavy atom. The molecule has 2 heterocycles. The number of rotatable bonds is 4. The van der Waals surface area contributed by atoms with Crippen LogP contribution in [0, 0.1) is 6.92 Å². The van der Waals surface area contributed by atoms with E-state index in [1.54, 1.807) is 31.8 Å². The normalized spacial score (nSPS) is 19.6. The second-order valence-electron chi connectivity index (χ2n) is 5.99. The van der Waals surface area contributed by atoms with Gasteiger partial charge in [-0.1, -0.05) is 17.3 Å². The molecule has 3 rings (SSSR count). The molecule has 0 saturated carbocycles. The molecule has 1 aromatic heterocycles. The van der Waals surface area contributed by atoms with E-state index in [1.807, 2.05) is 31.2 Å². The summed E-state index contributed by atoms with van der Waals surface area (Å²) in [5.74, 6) is 1.05. The lowest BCUT2D eigenvalue weighted by atomic mass is 9.94. The van der Waals surface area contributed by atoms with Gasteiger partial charge in [-0.2, -0.15) is 5.10 Å². The van der Waals surface area contributed by atoms with Crippen molar-refractivity contribution in [3.8, 4) is 5.75 Å². The van der Waals surface area contributed by atoms with Crippen LogP contribution in [0.2, 0.25) is 0 Å². The fraction of sp³-hybridized carbons (Fsp3) is 0.353. The molecule has 0 unspecified atom stereocenters. The molecule has 7 nitrogen and oxygen atoms in total. The van der Waals surface area contributed by atoms with Crippen molar-refractivity contribution in [3.05, 3.63) is 41.6 Å². The van der Waals surface area contributed by atoms with E-state index in [1.165, 1.54) is 0 Å². The predicted octanol–water partition coefficient (Wildman–Crippen LogP) is 2.26. The van der Waals surface area contributed by atoms with Crippen LogP contribution in [0.4, 0.5) is 5.82 Å². The lowest BCUT2D eigenvalue weighted by molar-refractivity contribution is -0.136. The van der Waals surface area contributed by atoms with Crippen molar-refractivity contribution in [1.29, 1.82) is 0 Å². The summed E-state index contributed by atoms with van der Waals surface area (Å²) in [4.78, 5) is 18.1. The molecule has 1 N–H and O–H groups in total. The quantitative estimate of drug-likeness (QED) is 0.934. The maximum atomic E-state index is 12.6. The van der Waals surface area contributed by atoms with Gasteiger partial charge in [-0.3, -0.25) is 9.48 Å². The average Bonchev–Trinajstić information content (AvgIpc) is 3.11. The van der Waals surface area contributed by atoms with Crippen molar-refractivity contribution < 1.29 is 14.4 Å². The lowest BCUT2D eigenvalue weighted by Crippen LogP contribution is -2.40. The van der Waals surface area contributed by atoms with Crippen LogP contribution >= 0.6 is 0 Å². The number of aromatic nitrogens is 2. The van der Waals surface area contributed by atoms with Crippen LogP contribution < -0.4 is 10.1 Å². The second kappa shape index (κ2) is 5.99. The van der Waals surface area contributed by atoms with E-state index in [0.717, 1.165) is 11.3 Å². The first kappa shape index (κ1) is 16.0. The van der Waals surface area contributed by atoms with Gasteiger partial charge >= 0.3 is 0 Å². The third-order valence-electron chi connectivity index (χ3n) is 4.00. The smallest absolute Gasteiger partial charge is 0.272 e. The summed E-state index contributed by atoms with van der Waals surface area (Å²) in [7, 11) is 3.38. The third kappa shape index (κ3) is 2.84. The Labute approximate surface area is 140 Å². The molecule has 7 heteroatoms. The number of anilines is 1. The number of oxime groups is 1. The summed E-state index contributed by atoms with van der Waals surface area (Å²) in [5.41, 5.74) is 1.27. The summed E-state index contributed by atoms with van der Waals surface area (Å²) >= 11 is 0. The zero-order valence-corrected chi connectivity index (χ0v) is 14.2. The van der Waals surface area contributed by atoms with E-state index in [-0.39, 0.29) is 5.91 Å². The van der Waals surface area contributed by atoms with Crippen LogP contribution in [0.3, 0.4) is 0 Å². The summed E-state index contributed by atoms with van der Waals surface area (Å²) in [6, 6.07) is 9.34. The molecule has 1 aromatic carbocycles. The Morgan fingerprint density at radius 3 is 2.83 bits per heavy atom. The SMILES string of the molecule is COc1ccccc1C1=NO[C@](C)(C(=O)Nc2cc(C)nn2C)C1. The Bertz CT molecular complexity index is 812. The molecule has 2 aromatic rings. The van der Waals surface area contributed by atoms with Gasteiger partial charge in [0, 0.05) is 25.1 Å². The van der Waals surface area contributed by atoms with Crippen molar-refractivity contribution in [2.24, 2.45) is 12.2 Å². The molecule has 0 fully saturated rings. The highest BCUT2D eigenvalue weighted by atomic mass is 16.7. The summed E-state index contributed by atoms with van der Waals surface area (Å²) in [6.45, 7) is 3.59. The highest BCUT2D eigenvalue weighted by Gasteiger charge is 2.43. The fourth-order valence-electron chi connectivity index (χ4n) is 2.67. The predicted molar refractivity (Wildman–Crippen MR) is 90.2 cm³/mol. The Kier molecular flexibility index (Phi) is 4.01. The van der Waals surface area contributed by atoms with Gasteiger partial charge in [0.25, 0.3) is 5.91 Å². The van der Waals surface area contributed by atoms with Crippen molar-refractivity contribution in [2.75, 3.05) is 12.4 Å². The number of benzene rings is 1. The van der Waals surface area contributed by atoms with Gasteiger partial charge in [0.15, 0.2) is 0 Å². The molecular weight excluding hydrogens is 308 g/mol. The van der Waals surface area contributed by atoms with Gasteiger partial charge in [0.1, 0.15) is 11.6 Å². The van der Waals surface area contributed by atoms with Gasteiger partial charge in [0.05, 0.1) is 18.5 Å². The molecule has 24 heavy (non-hydrogen) atoms. The molecule has 0 bridgehead atoms. The highest BCUT2D eigenvalue weighted by molar-refractivity contribution is 6.09. The minimum absolute atomic E-state index is 0.265.